The molecule has 0 aromatic rings. The number of rotatable bonds is 0. The van der Waals surface area contributed by atoms with Crippen LogP contribution in [0.5, 0.6) is 0 Å². The van der Waals surface area contributed by atoms with E-state index in [0.29, 0.717) is 5.41 Å². The average molecular weight is 194 g/mol. The summed E-state index contributed by atoms with van der Waals surface area (Å²) in [5.41, 5.74) is 1.92. The summed E-state index contributed by atoms with van der Waals surface area (Å²) in [6, 6.07) is 0. The molecule has 0 radical (unpaired) electrons. The van der Waals surface area contributed by atoms with E-state index >= 15 is 0 Å². The summed E-state index contributed by atoms with van der Waals surface area (Å²) in [5, 5.41) is 10.0. The quantitative estimate of drug-likeness (QED) is 0.587. The van der Waals surface area contributed by atoms with E-state index in [1.54, 1.807) is 0 Å². The highest BCUT2D eigenvalue weighted by Crippen LogP contribution is 2.54. The highest BCUT2D eigenvalue weighted by Gasteiger charge is 2.46. The van der Waals surface area contributed by atoms with E-state index < -0.39 is 0 Å². The Hall–Kier alpha value is -0.300. The molecule has 1 N–H and O–H groups in total. The molecule has 0 saturated heterocycles. The lowest BCUT2D eigenvalue weighted by atomic mass is 9.56. The standard InChI is InChI=1S/C13H22O/c1-12(2)10-6-4-5-8-13(10,3)9-7-11(12)14/h6,11,14H,4-5,7-9H2,1-3H3/t11-,13+/m0/s1. The normalized spacial score (nSPS) is 41.4. The first kappa shape index (κ1) is 10.2. The van der Waals surface area contributed by atoms with E-state index in [1.165, 1.54) is 31.3 Å². The van der Waals surface area contributed by atoms with Crippen molar-refractivity contribution < 1.29 is 5.11 Å². The van der Waals surface area contributed by atoms with Crippen molar-refractivity contribution in [1.82, 2.24) is 0 Å². The zero-order valence-corrected chi connectivity index (χ0v) is 9.64. The largest absolute Gasteiger partial charge is 0.392 e. The van der Waals surface area contributed by atoms with Crippen LogP contribution in [-0.2, 0) is 0 Å². The Morgan fingerprint density at radius 3 is 2.71 bits per heavy atom. The van der Waals surface area contributed by atoms with Gasteiger partial charge in [0.05, 0.1) is 6.10 Å². The molecule has 1 saturated carbocycles. The van der Waals surface area contributed by atoms with E-state index in [2.05, 4.69) is 26.8 Å². The van der Waals surface area contributed by atoms with Gasteiger partial charge in [-0.05, 0) is 37.5 Å². The summed E-state index contributed by atoms with van der Waals surface area (Å²) >= 11 is 0. The Bertz CT molecular complexity index is 264. The third-order valence-corrected chi connectivity index (χ3v) is 4.43. The van der Waals surface area contributed by atoms with E-state index in [0.717, 1.165) is 6.42 Å². The van der Waals surface area contributed by atoms with Gasteiger partial charge in [-0.1, -0.05) is 32.4 Å². The summed E-state index contributed by atoms with van der Waals surface area (Å²) in [6.07, 6.45) is 8.25. The lowest BCUT2D eigenvalue weighted by Crippen LogP contribution is -2.44. The molecule has 80 valence electrons. The van der Waals surface area contributed by atoms with Crippen LogP contribution in [0, 0.1) is 10.8 Å². The van der Waals surface area contributed by atoms with Gasteiger partial charge in [-0.2, -0.15) is 0 Å². The van der Waals surface area contributed by atoms with Crippen LogP contribution in [0.4, 0.5) is 0 Å². The van der Waals surface area contributed by atoms with Crippen molar-refractivity contribution in [3.63, 3.8) is 0 Å². The van der Waals surface area contributed by atoms with Crippen LogP contribution in [0.25, 0.3) is 0 Å². The molecular weight excluding hydrogens is 172 g/mol. The summed E-state index contributed by atoms with van der Waals surface area (Å²) in [6.45, 7) is 6.78. The Labute approximate surface area is 87.2 Å². The van der Waals surface area contributed by atoms with Crippen LogP contribution in [0.3, 0.4) is 0 Å². The summed E-state index contributed by atoms with van der Waals surface area (Å²) < 4.78 is 0. The predicted octanol–water partition coefficient (Wildman–Crippen LogP) is 3.28. The molecule has 0 aromatic heterocycles. The van der Waals surface area contributed by atoms with E-state index in [9.17, 15) is 5.11 Å². The van der Waals surface area contributed by atoms with Crippen molar-refractivity contribution in [3.05, 3.63) is 11.6 Å². The second-order valence-corrected chi connectivity index (χ2v) is 5.85. The minimum Gasteiger partial charge on any atom is -0.392 e. The molecule has 0 aliphatic heterocycles. The van der Waals surface area contributed by atoms with Gasteiger partial charge in [-0.15, -0.1) is 0 Å². The average Bonchev–Trinajstić information content (AvgIpc) is 2.13. The highest BCUT2D eigenvalue weighted by atomic mass is 16.3. The van der Waals surface area contributed by atoms with E-state index in [1.807, 2.05) is 0 Å². The third kappa shape index (κ3) is 1.33. The SMILES string of the molecule is CC1(C)C2=CCCC[C@]2(C)CC[C@@H]1O. The molecule has 2 atom stereocenters. The number of aliphatic hydroxyl groups is 1. The first-order valence-electron chi connectivity index (χ1n) is 5.86. The molecule has 0 heterocycles. The minimum atomic E-state index is -0.139. The maximum absolute atomic E-state index is 10.0. The Morgan fingerprint density at radius 1 is 1.29 bits per heavy atom. The van der Waals surface area contributed by atoms with Gasteiger partial charge < -0.3 is 5.11 Å². The third-order valence-electron chi connectivity index (χ3n) is 4.43. The fourth-order valence-corrected chi connectivity index (χ4v) is 3.42. The van der Waals surface area contributed by atoms with Gasteiger partial charge in [0.1, 0.15) is 0 Å². The Balaban J connectivity index is 2.39. The fourth-order valence-electron chi connectivity index (χ4n) is 3.42. The van der Waals surface area contributed by atoms with Crippen LogP contribution >= 0.6 is 0 Å². The summed E-state index contributed by atoms with van der Waals surface area (Å²) in [4.78, 5) is 0. The molecule has 2 rings (SSSR count). The molecule has 0 amide bonds. The van der Waals surface area contributed by atoms with Crippen molar-refractivity contribution in [2.24, 2.45) is 10.8 Å². The summed E-state index contributed by atoms with van der Waals surface area (Å²) in [5.74, 6) is 0. The van der Waals surface area contributed by atoms with Crippen molar-refractivity contribution in [2.45, 2.75) is 59.0 Å². The number of fused-ring (bicyclic) bond motifs is 1. The van der Waals surface area contributed by atoms with Gasteiger partial charge in [0.2, 0.25) is 0 Å². The molecule has 14 heavy (non-hydrogen) atoms. The molecule has 0 bridgehead atoms. The molecular formula is C13H22O. The zero-order chi connectivity index (χ0) is 10.4. The topological polar surface area (TPSA) is 20.2 Å². The van der Waals surface area contributed by atoms with Gasteiger partial charge >= 0.3 is 0 Å². The van der Waals surface area contributed by atoms with Gasteiger partial charge in [0, 0.05) is 5.41 Å². The van der Waals surface area contributed by atoms with E-state index in [-0.39, 0.29) is 11.5 Å². The highest BCUT2D eigenvalue weighted by molar-refractivity contribution is 5.27. The molecule has 2 aliphatic rings. The van der Waals surface area contributed by atoms with Crippen LogP contribution in [0.1, 0.15) is 52.9 Å². The van der Waals surface area contributed by atoms with Crippen LogP contribution in [-0.4, -0.2) is 11.2 Å². The van der Waals surface area contributed by atoms with Gasteiger partial charge in [0.15, 0.2) is 0 Å². The minimum absolute atomic E-state index is 0.00736. The monoisotopic (exact) mass is 194 g/mol. The number of hydrogen-bond acceptors (Lipinski definition) is 1. The number of allylic oxidation sites excluding steroid dienone is 1. The zero-order valence-electron chi connectivity index (χ0n) is 9.64. The molecule has 2 aliphatic carbocycles. The first-order valence-corrected chi connectivity index (χ1v) is 5.86. The molecule has 0 spiro atoms. The fraction of sp³-hybridized carbons (Fsp3) is 0.846. The van der Waals surface area contributed by atoms with Crippen LogP contribution in [0.15, 0.2) is 11.6 Å². The second-order valence-electron chi connectivity index (χ2n) is 5.85. The lowest BCUT2D eigenvalue weighted by molar-refractivity contribution is 0.00818. The molecule has 1 heteroatoms. The Morgan fingerprint density at radius 2 is 2.00 bits per heavy atom. The van der Waals surface area contributed by atoms with Crippen LogP contribution in [0.2, 0.25) is 0 Å². The van der Waals surface area contributed by atoms with Gasteiger partial charge in [-0.25, -0.2) is 0 Å². The van der Waals surface area contributed by atoms with Crippen molar-refractivity contribution in [1.29, 1.82) is 0 Å². The second kappa shape index (κ2) is 3.10. The van der Waals surface area contributed by atoms with Crippen LogP contribution < -0.4 is 0 Å². The van der Waals surface area contributed by atoms with Crippen molar-refractivity contribution in [2.75, 3.05) is 0 Å². The van der Waals surface area contributed by atoms with Crippen molar-refractivity contribution in [3.8, 4) is 0 Å². The molecule has 0 aromatic carbocycles. The maximum Gasteiger partial charge on any atom is 0.0628 e. The van der Waals surface area contributed by atoms with Gasteiger partial charge in [0.25, 0.3) is 0 Å². The smallest absolute Gasteiger partial charge is 0.0628 e. The predicted molar refractivity (Wildman–Crippen MR) is 59.1 cm³/mol. The van der Waals surface area contributed by atoms with E-state index in [4.69, 9.17) is 0 Å². The number of hydrogen-bond donors (Lipinski definition) is 1. The van der Waals surface area contributed by atoms with Gasteiger partial charge in [-0.3, -0.25) is 0 Å². The molecule has 0 unspecified atom stereocenters. The Kier molecular flexibility index (Phi) is 2.26. The maximum atomic E-state index is 10.0. The molecule has 1 fully saturated rings. The van der Waals surface area contributed by atoms with Crippen molar-refractivity contribution >= 4 is 0 Å². The molecule has 1 nitrogen and oxygen atoms in total. The lowest BCUT2D eigenvalue weighted by Gasteiger charge is -2.50. The first-order chi connectivity index (χ1) is 6.47. The number of aliphatic hydroxyl groups excluding tert-OH is 1. The summed E-state index contributed by atoms with van der Waals surface area (Å²) in [7, 11) is 0.